The number of benzene rings is 3. The van der Waals surface area contributed by atoms with Crippen molar-refractivity contribution in [2.45, 2.75) is 4.90 Å². The molecule has 4 rings (SSSR count). The van der Waals surface area contributed by atoms with Gasteiger partial charge in [-0.05, 0) is 35.9 Å². The molecule has 1 aliphatic rings. The number of imide groups is 1. The van der Waals surface area contributed by atoms with Crippen molar-refractivity contribution >= 4 is 34.8 Å². The summed E-state index contributed by atoms with van der Waals surface area (Å²) in [7, 11) is 0. The van der Waals surface area contributed by atoms with Gasteiger partial charge in [0.25, 0.3) is 11.8 Å². The summed E-state index contributed by atoms with van der Waals surface area (Å²) in [5.74, 6) is -1.40. The Labute approximate surface area is 160 Å². The van der Waals surface area contributed by atoms with Crippen LogP contribution in [-0.2, 0) is 9.59 Å². The highest BCUT2D eigenvalue weighted by atomic mass is 32.2. The van der Waals surface area contributed by atoms with Crippen LogP contribution < -0.4 is 4.90 Å². The van der Waals surface area contributed by atoms with Gasteiger partial charge < -0.3 is 0 Å². The van der Waals surface area contributed by atoms with Gasteiger partial charge in [0.1, 0.15) is 5.82 Å². The van der Waals surface area contributed by atoms with Crippen LogP contribution >= 0.6 is 11.8 Å². The van der Waals surface area contributed by atoms with Crippen LogP contribution in [0.2, 0.25) is 0 Å². The maximum Gasteiger partial charge on any atom is 0.272 e. The molecule has 0 aliphatic carbocycles. The molecule has 3 aromatic carbocycles. The maximum absolute atomic E-state index is 13.7. The summed E-state index contributed by atoms with van der Waals surface area (Å²) < 4.78 is 13.7. The summed E-state index contributed by atoms with van der Waals surface area (Å²) in [6.45, 7) is 0. The SMILES string of the molecule is O=C1C(Sc2ccccc2)=C(c2ccccc2)C(=O)N1c1cccc(F)c1. The molecule has 0 spiro atoms. The fraction of sp³-hybridized carbons (Fsp3) is 0. The monoisotopic (exact) mass is 375 g/mol. The van der Waals surface area contributed by atoms with Gasteiger partial charge in [0.2, 0.25) is 0 Å². The first kappa shape index (κ1) is 17.2. The van der Waals surface area contributed by atoms with Crippen molar-refractivity contribution in [2.75, 3.05) is 4.90 Å². The van der Waals surface area contributed by atoms with E-state index in [9.17, 15) is 14.0 Å². The normalized spacial score (nSPS) is 14.2. The van der Waals surface area contributed by atoms with E-state index in [1.54, 1.807) is 18.2 Å². The van der Waals surface area contributed by atoms with Crippen LogP contribution in [0.15, 0.2) is 94.7 Å². The first-order chi connectivity index (χ1) is 13.1. The van der Waals surface area contributed by atoms with E-state index in [2.05, 4.69) is 0 Å². The van der Waals surface area contributed by atoms with Crippen LogP contribution in [0.1, 0.15) is 5.56 Å². The molecular formula is C22H14FNO2S. The second kappa shape index (κ2) is 7.21. The fourth-order valence-corrected chi connectivity index (χ4v) is 3.93. The summed E-state index contributed by atoms with van der Waals surface area (Å²) in [5.41, 5.74) is 1.22. The van der Waals surface area contributed by atoms with E-state index in [0.29, 0.717) is 16.0 Å². The Morgan fingerprint density at radius 3 is 2.07 bits per heavy atom. The van der Waals surface area contributed by atoms with Crippen LogP contribution in [0.25, 0.3) is 5.57 Å². The second-order valence-corrected chi connectivity index (χ2v) is 6.99. The third-order valence-corrected chi connectivity index (χ3v) is 5.22. The summed E-state index contributed by atoms with van der Waals surface area (Å²) >= 11 is 1.24. The lowest BCUT2D eigenvalue weighted by molar-refractivity contribution is -0.119. The van der Waals surface area contributed by atoms with E-state index in [0.717, 1.165) is 9.80 Å². The molecule has 3 nitrogen and oxygen atoms in total. The molecule has 5 heteroatoms. The third kappa shape index (κ3) is 3.29. The van der Waals surface area contributed by atoms with E-state index in [-0.39, 0.29) is 5.69 Å². The molecule has 1 aliphatic heterocycles. The molecule has 3 aromatic rings. The van der Waals surface area contributed by atoms with Crippen LogP contribution in [0.5, 0.6) is 0 Å². The van der Waals surface area contributed by atoms with Gasteiger partial charge in [-0.25, -0.2) is 9.29 Å². The topological polar surface area (TPSA) is 37.4 Å². The lowest BCUT2D eigenvalue weighted by Crippen LogP contribution is -2.31. The van der Waals surface area contributed by atoms with Crippen molar-refractivity contribution in [1.82, 2.24) is 0 Å². The zero-order valence-corrected chi connectivity index (χ0v) is 14.9. The molecule has 2 amide bonds. The molecule has 0 bridgehead atoms. The highest BCUT2D eigenvalue weighted by Crippen LogP contribution is 2.41. The van der Waals surface area contributed by atoms with Crippen molar-refractivity contribution in [1.29, 1.82) is 0 Å². The summed E-state index contributed by atoms with van der Waals surface area (Å²) in [4.78, 5) is 28.5. The number of amides is 2. The number of carbonyl (C=O) groups excluding carboxylic acids is 2. The zero-order chi connectivity index (χ0) is 18.8. The summed E-state index contributed by atoms with van der Waals surface area (Å²) in [6.07, 6.45) is 0. The Morgan fingerprint density at radius 1 is 0.741 bits per heavy atom. The van der Waals surface area contributed by atoms with Gasteiger partial charge >= 0.3 is 0 Å². The largest absolute Gasteiger partial charge is 0.272 e. The van der Waals surface area contributed by atoms with Gasteiger partial charge in [-0.3, -0.25) is 9.59 Å². The predicted molar refractivity (Wildman–Crippen MR) is 105 cm³/mol. The van der Waals surface area contributed by atoms with Gasteiger partial charge in [-0.15, -0.1) is 0 Å². The molecular weight excluding hydrogens is 361 g/mol. The maximum atomic E-state index is 13.7. The zero-order valence-electron chi connectivity index (χ0n) is 14.1. The van der Waals surface area contributed by atoms with Gasteiger partial charge in [-0.2, -0.15) is 0 Å². The quantitative estimate of drug-likeness (QED) is 0.609. The molecule has 0 radical (unpaired) electrons. The summed E-state index contributed by atoms with van der Waals surface area (Å²) in [6, 6.07) is 23.9. The van der Waals surface area contributed by atoms with Crippen molar-refractivity contribution in [3.05, 3.63) is 101 Å². The molecule has 1 heterocycles. The van der Waals surface area contributed by atoms with Crippen LogP contribution in [0, 0.1) is 5.82 Å². The molecule has 0 saturated carbocycles. The number of carbonyl (C=O) groups is 2. The minimum absolute atomic E-state index is 0.224. The Morgan fingerprint density at radius 2 is 1.41 bits per heavy atom. The van der Waals surface area contributed by atoms with Gasteiger partial charge in [0, 0.05) is 4.90 Å². The molecule has 0 unspecified atom stereocenters. The van der Waals surface area contributed by atoms with Crippen LogP contribution in [-0.4, -0.2) is 11.8 Å². The number of halogens is 1. The van der Waals surface area contributed by atoms with Gasteiger partial charge in [-0.1, -0.05) is 66.4 Å². The Hall–Kier alpha value is -3.18. The Balaban J connectivity index is 1.83. The Bertz CT molecular complexity index is 1050. The van der Waals surface area contributed by atoms with Gasteiger partial charge in [0.15, 0.2) is 0 Å². The van der Waals surface area contributed by atoms with Crippen molar-refractivity contribution in [2.24, 2.45) is 0 Å². The van der Waals surface area contributed by atoms with Crippen LogP contribution in [0.4, 0.5) is 10.1 Å². The van der Waals surface area contributed by atoms with E-state index in [1.807, 2.05) is 48.5 Å². The molecule has 0 saturated heterocycles. The van der Waals surface area contributed by atoms with Crippen molar-refractivity contribution < 1.29 is 14.0 Å². The van der Waals surface area contributed by atoms with Crippen molar-refractivity contribution in [3.8, 4) is 0 Å². The first-order valence-electron chi connectivity index (χ1n) is 8.32. The minimum Gasteiger partial charge on any atom is -0.268 e. The predicted octanol–water partition coefficient (Wildman–Crippen LogP) is 4.90. The molecule has 132 valence electrons. The van der Waals surface area contributed by atoms with E-state index >= 15 is 0 Å². The molecule has 0 fully saturated rings. The average Bonchev–Trinajstić information content (AvgIpc) is 2.93. The lowest BCUT2D eigenvalue weighted by Gasteiger charge is -2.15. The first-order valence-corrected chi connectivity index (χ1v) is 9.14. The van der Waals surface area contributed by atoms with E-state index < -0.39 is 17.6 Å². The summed E-state index contributed by atoms with van der Waals surface area (Å²) in [5, 5.41) is 0. The molecule has 0 aromatic heterocycles. The second-order valence-electron chi connectivity index (χ2n) is 5.91. The number of nitrogens with zero attached hydrogens (tertiary/aromatic N) is 1. The van der Waals surface area contributed by atoms with Gasteiger partial charge in [0.05, 0.1) is 16.2 Å². The number of thioether (sulfide) groups is 1. The number of hydrogen-bond acceptors (Lipinski definition) is 3. The molecule has 0 atom stereocenters. The van der Waals surface area contributed by atoms with E-state index in [1.165, 1.54) is 30.0 Å². The van der Waals surface area contributed by atoms with E-state index in [4.69, 9.17) is 0 Å². The van der Waals surface area contributed by atoms with Crippen molar-refractivity contribution in [3.63, 3.8) is 0 Å². The number of anilines is 1. The molecule has 27 heavy (non-hydrogen) atoms. The van der Waals surface area contributed by atoms with Crippen LogP contribution in [0.3, 0.4) is 0 Å². The fourth-order valence-electron chi connectivity index (χ4n) is 2.92. The smallest absolute Gasteiger partial charge is 0.268 e. The number of rotatable bonds is 4. The lowest BCUT2D eigenvalue weighted by atomic mass is 10.1. The third-order valence-electron chi connectivity index (χ3n) is 4.13. The molecule has 0 N–H and O–H groups in total. The Kier molecular flexibility index (Phi) is 4.60. The highest BCUT2D eigenvalue weighted by molar-refractivity contribution is 8.04. The standard InChI is InChI=1S/C22H14FNO2S/c23-16-10-7-11-17(14-16)24-21(25)19(15-8-3-1-4-9-15)20(22(24)26)27-18-12-5-2-6-13-18/h1-14H. The number of hydrogen-bond donors (Lipinski definition) is 0. The minimum atomic E-state index is -0.501. The highest BCUT2D eigenvalue weighted by Gasteiger charge is 2.40. The average molecular weight is 375 g/mol.